The number of methoxy groups -OCH3 is 1. The lowest BCUT2D eigenvalue weighted by Gasteiger charge is -2.24. The molecule has 16 heavy (non-hydrogen) atoms. The van der Waals surface area contributed by atoms with Crippen LogP contribution in [0.15, 0.2) is 0 Å². The topological polar surface area (TPSA) is 81.4 Å². The Balaban J connectivity index is 0. The van der Waals surface area contributed by atoms with Crippen LogP contribution < -0.4 is 11.1 Å². The number of carbonyl (C=O) groups is 2. The van der Waals surface area contributed by atoms with Gasteiger partial charge in [-0.25, -0.2) is 4.79 Å². The van der Waals surface area contributed by atoms with Crippen molar-refractivity contribution in [3.05, 3.63) is 0 Å². The van der Waals surface area contributed by atoms with Gasteiger partial charge in [0, 0.05) is 0 Å². The standard InChI is InChI=1S/C10H20N2O3.ClH/c1-5-6-10(3,11)9(14)12-7(2)8(13)15-4;/h7H,5-6,11H2,1-4H3,(H,12,14);1H/t7-,10?;/m1./s1. The van der Waals surface area contributed by atoms with Crippen molar-refractivity contribution < 1.29 is 14.3 Å². The van der Waals surface area contributed by atoms with Gasteiger partial charge < -0.3 is 15.8 Å². The second-order valence-electron chi connectivity index (χ2n) is 3.89. The minimum Gasteiger partial charge on any atom is -0.467 e. The van der Waals surface area contributed by atoms with Crippen molar-refractivity contribution in [1.29, 1.82) is 0 Å². The molecule has 0 saturated heterocycles. The molecule has 0 aromatic carbocycles. The molecule has 0 bridgehead atoms. The Labute approximate surface area is 103 Å². The molecule has 0 aliphatic carbocycles. The van der Waals surface area contributed by atoms with Crippen LogP contribution in [0, 0.1) is 0 Å². The molecule has 0 aliphatic rings. The summed E-state index contributed by atoms with van der Waals surface area (Å²) in [6.45, 7) is 5.16. The van der Waals surface area contributed by atoms with Crippen LogP contribution >= 0.6 is 12.4 Å². The smallest absolute Gasteiger partial charge is 0.328 e. The highest BCUT2D eigenvalue weighted by atomic mass is 35.5. The van der Waals surface area contributed by atoms with Crippen LogP contribution in [-0.2, 0) is 14.3 Å². The molecule has 3 N–H and O–H groups in total. The third-order valence-corrected chi connectivity index (χ3v) is 2.19. The van der Waals surface area contributed by atoms with E-state index >= 15 is 0 Å². The summed E-state index contributed by atoms with van der Waals surface area (Å²) in [6, 6.07) is -0.665. The Morgan fingerprint density at radius 2 is 2.00 bits per heavy atom. The minimum atomic E-state index is -0.934. The summed E-state index contributed by atoms with van der Waals surface area (Å²) in [4.78, 5) is 22.7. The van der Waals surface area contributed by atoms with Gasteiger partial charge in [0.1, 0.15) is 6.04 Å². The lowest BCUT2D eigenvalue weighted by atomic mass is 9.96. The molecular formula is C10H21ClN2O3. The van der Waals surface area contributed by atoms with Gasteiger partial charge in [-0.05, 0) is 20.3 Å². The number of rotatable bonds is 5. The predicted molar refractivity (Wildman–Crippen MR) is 64.4 cm³/mol. The van der Waals surface area contributed by atoms with Crippen LogP contribution in [0.2, 0.25) is 0 Å². The number of esters is 1. The molecule has 0 aliphatic heterocycles. The summed E-state index contributed by atoms with van der Waals surface area (Å²) in [5.41, 5.74) is 4.86. The van der Waals surface area contributed by atoms with E-state index in [1.807, 2.05) is 6.92 Å². The average molecular weight is 253 g/mol. The van der Waals surface area contributed by atoms with Crippen molar-refractivity contribution in [2.45, 2.75) is 45.2 Å². The lowest BCUT2D eigenvalue weighted by Crippen LogP contribution is -2.55. The van der Waals surface area contributed by atoms with Crippen LogP contribution in [0.4, 0.5) is 0 Å². The van der Waals surface area contributed by atoms with E-state index < -0.39 is 17.6 Å². The molecule has 1 amide bonds. The zero-order chi connectivity index (χ0) is 12.1. The molecule has 0 aromatic heterocycles. The van der Waals surface area contributed by atoms with E-state index in [9.17, 15) is 9.59 Å². The van der Waals surface area contributed by atoms with Gasteiger partial charge in [-0.3, -0.25) is 4.79 Å². The summed E-state index contributed by atoms with van der Waals surface area (Å²) >= 11 is 0. The van der Waals surface area contributed by atoms with Gasteiger partial charge in [0.2, 0.25) is 5.91 Å². The quantitative estimate of drug-likeness (QED) is 0.703. The third-order valence-electron chi connectivity index (χ3n) is 2.19. The molecular weight excluding hydrogens is 232 g/mol. The van der Waals surface area contributed by atoms with Gasteiger partial charge in [-0.15, -0.1) is 12.4 Å². The lowest BCUT2D eigenvalue weighted by molar-refractivity contribution is -0.145. The molecule has 1 unspecified atom stereocenters. The van der Waals surface area contributed by atoms with Crippen LogP contribution in [0.25, 0.3) is 0 Å². The number of nitrogens with one attached hydrogen (secondary N) is 1. The molecule has 6 heteroatoms. The average Bonchev–Trinajstić information content (AvgIpc) is 2.16. The second-order valence-corrected chi connectivity index (χ2v) is 3.89. The first-order chi connectivity index (χ1) is 6.85. The van der Waals surface area contributed by atoms with Crippen LogP contribution in [0.5, 0.6) is 0 Å². The van der Waals surface area contributed by atoms with E-state index in [0.717, 1.165) is 6.42 Å². The normalized spacial score (nSPS) is 15.3. The molecule has 0 rings (SSSR count). The monoisotopic (exact) mass is 252 g/mol. The Morgan fingerprint density at radius 3 is 2.38 bits per heavy atom. The Hall–Kier alpha value is -0.810. The Morgan fingerprint density at radius 1 is 1.50 bits per heavy atom. The molecule has 0 radical (unpaired) electrons. The van der Waals surface area contributed by atoms with Gasteiger partial charge in [0.15, 0.2) is 0 Å². The number of nitrogens with two attached hydrogens (primary N) is 1. The van der Waals surface area contributed by atoms with E-state index in [1.165, 1.54) is 7.11 Å². The van der Waals surface area contributed by atoms with Crippen molar-refractivity contribution in [2.75, 3.05) is 7.11 Å². The van der Waals surface area contributed by atoms with E-state index in [-0.39, 0.29) is 18.3 Å². The zero-order valence-corrected chi connectivity index (χ0v) is 11.0. The largest absolute Gasteiger partial charge is 0.467 e. The number of hydrogen-bond acceptors (Lipinski definition) is 4. The fourth-order valence-corrected chi connectivity index (χ4v) is 1.23. The van der Waals surface area contributed by atoms with Gasteiger partial charge >= 0.3 is 5.97 Å². The molecule has 5 nitrogen and oxygen atoms in total. The van der Waals surface area contributed by atoms with Gasteiger partial charge in [-0.2, -0.15) is 0 Å². The van der Waals surface area contributed by atoms with Gasteiger partial charge in [0.05, 0.1) is 12.6 Å². The highest BCUT2D eigenvalue weighted by molar-refractivity contribution is 5.89. The molecule has 2 atom stereocenters. The van der Waals surface area contributed by atoms with Gasteiger partial charge in [0.25, 0.3) is 0 Å². The van der Waals surface area contributed by atoms with Crippen LogP contribution in [0.1, 0.15) is 33.6 Å². The fraction of sp³-hybridized carbons (Fsp3) is 0.800. The first-order valence-corrected chi connectivity index (χ1v) is 5.02. The number of halogens is 1. The summed E-state index contributed by atoms with van der Waals surface area (Å²) in [7, 11) is 1.28. The van der Waals surface area contributed by atoms with E-state index in [1.54, 1.807) is 13.8 Å². The summed E-state index contributed by atoms with van der Waals surface area (Å²) in [5.74, 6) is -0.808. The Bertz CT molecular complexity index is 244. The fourth-order valence-electron chi connectivity index (χ4n) is 1.23. The maximum Gasteiger partial charge on any atom is 0.328 e. The van der Waals surface area contributed by atoms with E-state index in [0.29, 0.717) is 6.42 Å². The SMILES string of the molecule is CCCC(C)(N)C(=O)N[C@H](C)C(=O)OC.Cl. The van der Waals surface area contributed by atoms with Gasteiger partial charge in [-0.1, -0.05) is 13.3 Å². The molecule has 0 spiro atoms. The third kappa shape index (κ3) is 5.32. The summed E-state index contributed by atoms with van der Waals surface area (Å²) < 4.78 is 4.49. The van der Waals surface area contributed by atoms with Crippen molar-refractivity contribution in [2.24, 2.45) is 5.73 Å². The minimum absolute atomic E-state index is 0. The number of amides is 1. The van der Waals surface area contributed by atoms with Crippen molar-refractivity contribution in [3.8, 4) is 0 Å². The maximum atomic E-state index is 11.6. The first-order valence-electron chi connectivity index (χ1n) is 5.02. The molecule has 0 saturated carbocycles. The molecule has 0 aromatic rings. The highest BCUT2D eigenvalue weighted by Crippen LogP contribution is 2.08. The summed E-state index contributed by atoms with van der Waals surface area (Å²) in [6.07, 6.45) is 1.39. The van der Waals surface area contributed by atoms with E-state index in [4.69, 9.17) is 5.73 Å². The zero-order valence-electron chi connectivity index (χ0n) is 10.2. The first kappa shape index (κ1) is 17.6. The molecule has 0 fully saturated rings. The van der Waals surface area contributed by atoms with Crippen molar-refractivity contribution in [1.82, 2.24) is 5.32 Å². The highest BCUT2D eigenvalue weighted by Gasteiger charge is 2.29. The van der Waals surface area contributed by atoms with Crippen LogP contribution in [-0.4, -0.2) is 30.6 Å². The number of carbonyl (C=O) groups excluding carboxylic acids is 2. The molecule has 0 heterocycles. The van der Waals surface area contributed by atoms with Crippen molar-refractivity contribution in [3.63, 3.8) is 0 Å². The number of ether oxygens (including phenoxy) is 1. The van der Waals surface area contributed by atoms with E-state index in [2.05, 4.69) is 10.1 Å². The second kappa shape index (κ2) is 7.46. The predicted octanol–water partition coefficient (Wildman–Crippen LogP) is 0.603. The summed E-state index contributed by atoms with van der Waals surface area (Å²) in [5, 5.41) is 2.52. The number of hydrogen-bond donors (Lipinski definition) is 2. The maximum absolute atomic E-state index is 11.6. The molecule has 96 valence electrons. The van der Waals surface area contributed by atoms with Crippen LogP contribution in [0.3, 0.4) is 0 Å². The van der Waals surface area contributed by atoms with Crippen molar-refractivity contribution >= 4 is 24.3 Å². The Kier molecular flexibility index (Phi) is 8.20.